The zero-order chi connectivity index (χ0) is 14.7. The molecule has 0 spiro atoms. The summed E-state index contributed by atoms with van der Waals surface area (Å²) in [7, 11) is 2.11. The van der Waals surface area contributed by atoms with Crippen molar-refractivity contribution in [3.63, 3.8) is 0 Å². The molecule has 2 rings (SSSR count). The van der Waals surface area contributed by atoms with Crippen molar-refractivity contribution in [2.24, 2.45) is 17.8 Å². The van der Waals surface area contributed by atoms with Gasteiger partial charge in [-0.05, 0) is 70.5 Å². The quantitative estimate of drug-likeness (QED) is 0.773. The molecule has 0 N–H and O–H groups in total. The maximum Gasteiger partial charge on any atom is 0.143 e. The fourth-order valence-corrected chi connectivity index (χ4v) is 3.97. The molecule has 2 fully saturated rings. The fraction of sp³-hybridized carbons (Fsp3) is 0.941. The molecule has 0 aromatic heterocycles. The molecule has 116 valence electrons. The zero-order valence-corrected chi connectivity index (χ0v) is 13.8. The van der Waals surface area contributed by atoms with Crippen molar-refractivity contribution in [2.75, 3.05) is 33.2 Å². The Morgan fingerprint density at radius 2 is 1.85 bits per heavy atom. The first-order valence-electron chi connectivity index (χ1n) is 8.37. The molecule has 3 heteroatoms. The molecule has 0 aromatic rings. The summed E-state index contributed by atoms with van der Waals surface area (Å²) in [6, 6.07) is 0.614. The van der Waals surface area contributed by atoms with Crippen molar-refractivity contribution >= 4 is 5.78 Å². The third-order valence-corrected chi connectivity index (χ3v) is 5.49. The van der Waals surface area contributed by atoms with Gasteiger partial charge in [-0.2, -0.15) is 0 Å². The van der Waals surface area contributed by atoms with Crippen LogP contribution < -0.4 is 0 Å². The molecule has 1 saturated heterocycles. The number of hydrogen-bond donors (Lipinski definition) is 0. The Balaban J connectivity index is 1.80. The molecule has 1 unspecified atom stereocenters. The Morgan fingerprint density at radius 1 is 1.20 bits per heavy atom. The van der Waals surface area contributed by atoms with E-state index in [-0.39, 0.29) is 5.78 Å². The highest BCUT2D eigenvalue weighted by Crippen LogP contribution is 2.35. The largest absolute Gasteiger partial charge is 0.303 e. The van der Waals surface area contributed by atoms with E-state index in [2.05, 4.69) is 30.7 Å². The summed E-state index contributed by atoms with van der Waals surface area (Å²) < 4.78 is 0. The van der Waals surface area contributed by atoms with E-state index in [9.17, 15) is 4.79 Å². The van der Waals surface area contributed by atoms with Crippen LogP contribution in [0.5, 0.6) is 0 Å². The highest BCUT2D eigenvalue weighted by Gasteiger charge is 2.34. The molecular weight excluding hydrogens is 248 g/mol. The predicted molar refractivity (Wildman–Crippen MR) is 83.8 cm³/mol. The highest BCUT2D eigenvalue weighted by molar-refractivity contribution is 5.77. The van der Waals surface area contributed by atoms with Gasteiger partial charge >= 0.3 is 0 Å². The van der Waals surface area contributed by atoms with E-state index >= 15 is 0 Å². The van der Waals surface area contributed by atoms with E-state index in [0.717, 1.165) is 17.8 Å². The molecular formula is C17H32N2O. The van der Waals surface area contributed by atoms with E-state index in [1.807, 2.05) is 0 Å². The number of ketones is 1. The number of carbonyl (C=O) groups is 1. The minimum absolute atomic E-state index is 0.286. The summed E-state index contributed by atoms with van der Waals surface area (Å²) in [5.74, 6) is 2.83. The van der Waals surface area contributed by atoms with E-state index in [1.165, 1.54) is 45.3 Å². The monoisotopic (exact) mass is 280 g/mol. The van der Waals surface area contributed by atoms with Crippen LogP contribution >= 0.6 is 0 Å². The lowest BCUT2D eigenvalue weighted by Crippen LogP contribution is -2.37. The van der Waals surface area contributed by atoms with Crippen LogP contribution in [0.1, 0.15) is 46.5 Å². The van der Waals surface area contributed by atoms with E-state index in [1.54, 1.807) is 6.92 Å². The average Bonchev–Trinajstić information content (AvgIpc) is 2.73. The Bertz CT molecular complexity index is 323. The van der Waals surface area contributed by atoms with Gasteiger partial charge in [0.25, 0.3) is 0 Å². The van der Waals surface area contributed by atoms with Gasteiger partial charge in [0.15, 0.2) is 0 Å². The van der Waals surface area contributed by atoms with Crippen LogP contribution in [0, 0.1) is 17.8 Å². The predicted octanol–water partition coefficient (Wildman–Crippen LogP) is 2.65. The number of piperidine rings is 1. The summed E-state index contributed by atoms with van der Waals surface area (Å²) in [6.07, 6.45) is 5.28. The SMILES string of the molecule is CC(=O)CN(C)C1C[C@H](CN2CCC(C)CC2)[C@@H](C)C1. The smallest absolute Gasteiger partial charge is 0.143 e. The summed E-state index contributed by atoms with van der Waals surface area (Å²) in [5.41, 5.74) is 0. The van der Waals surface area contributed by atoms with Crippen LogP contribution in [-0.2, 0) is 4.79 Å². The van der Waals surface area contributed by atoms with Gasteiger partial charge < -0.3 is 4.90 Å². The maximum absolute atomic E-state index is 11.3. The summed E-state index contributed by atoms with van der Waals surface area (Å²) in [5, 5.41) is 0. The molecule has 0 aromatic carbocycles. The number of nitrogens with zero attached hydrogens (tertiary/aromatic N) is 2. The van der Waals surface area contributed by atoms with Crippen molar-refractivity contribution in [1.29, 1.82) is 0 Å². The normalized spacial score (nSPS) is 33.0. The number of carbonyl (C=O) groups excluding carboxylic acids is 1. The lowest BCUT2D eigenvalue weighted by atomic mass is 9.94. The van der Waals surface area contributed by atoms with Gasteiger partial charge in [0.1, 0.15) is 5.78 Å². The molecule has 1 heterocycles. The van der Waals surface area contributed by atoms with Crippen molar-refractivity contribution in [3.05, 3.63) is 0 Å². The molecule has 0 amide bonds. The fourth-order valence-electron chi connectivity index (χ4n) is 3.97. The zero-order valence-electron chi connectivity index (χ0n) is 13.8. The van der Waals surface area contributed by atoms with E-state index in [0.29, 0.717) is 12.6 Å². The number of rotatable bonds is 5. The Kier molecular flexibility index (Phi) is 5.62. The van der Waals surface area contributed by atoms with Crippen molar-refractivity contribution in [3.8, 4) is 0 Å². The topological polar surface area (TPSA) is 23.6 Å². The first-order valence-corrected chi connectivity index (χ1v) is 8.37. The second-order valence-corrected chi connectivity index (χ2v) is 7.46. The van der Waals surface area contributed by atoms with E-state index < -0.39 is 0 Å². The standard InChI is InChI=1S/C17H32N2O/c1-13-5-7-19(8-6-13)12-16-10-17(9-14(16)2)18(4)11-15(3)20/h13-14,16-17H,5-12H2,1-4H3/t14-,16+,17?/m0/s1. The molecule has 1 aliphatic carbocycles. The van der Waals surface area contributed by atoms with Crippen molar-refractivity contribution in [1.82, 2.24) is 9.80 Å². The van der Waals surface area contributed by atoms with Crippen LogP contribution in [0.3, 0.4) is 0 Å². The van der Waals surface area contributed by atoms with Gasteiger partial charge in [-0.3, -0.25) is 9.69 Å². The molecule has 0 radical (unpaired) electrons. The van der Waals surface area contributed by atoms with Gasteiger partial charge in [-0.15, -0.1) is 0 Å². The number of likely N-dealkylation sites (tertiary alicyclic amines) is 1. The molecule has 2 aliphatic rings. The van der Waals surface area contributed by atoms with E-state index in [4.69, 9.17) is 0 Å². The highest BCUT2D eigenvalue weighted by atomic mass is 16.1. The molecule has 0 bridgehead atoms. The maximum atomic E-state index is 11.3. The summed E-state index contributed by atoms with van der Waals surface area (Å²) in [4.78, 5) is 16.2. The second-order valence-electron chi connectivity index (χ2n) is 7.46. The van der Waals surface area contributed by atoms with Crippen LogP contribution in [0.2, 0.25) is 0 Å². The van der Waals surface area contributed by atoms with Crippen molar-refractivity contribution < 1.29 is 4.79 Å². The van der Waals surface area contributed by atoms with Crippen LogP contribution in [0.15, 0.2) is 0 Å². The lowest BCUT2D eigenvalue weighted by molar-refractivity contribution is -0.118. The molecule has 20 heavy (non-hydrogen) atoms. The Morgan fingerprint density at radius 3 is 2.45 bits per heavy atom. The third kappa shape index (κ3) is 4.29. The van der Waals surface area contributed by atoms with Gasteiger partial charge in [0.05, 0.1) is 6.54 Å². The molecule has 1 aliphatic heterocycles. The van der Waals surface area contributed by atoms with Gasteiger partial charge in [-0.25, -0.2) is 0 Å². The molecule has 3 atom stereocenters. The Hall–Kier alpha value is -0.410. The molecule has 3 nitrogen and oxygen atoms in total. The van der Waals surface area contributed by atoms with Gasteiger partial charge in [-0.1, -0.05) is 13.8 Å². The number of likely N-dealkylation sites (N-methyl/N-ethyl adjacent to an activating group) is 1. The van der Waals surface area contributed by atoms with Crippen LogP contribution in [-0.4, -0.2) is 54.9 Å². The Labute approximate surface area is 124 Å². The number of Topliss-reactive ketones (excluding diaryl/α,β-unsaturated/α-hetero) is 1. The van der Waals surface area contributed by atoms with Gasteiger partial charge in [0.2, 0.25) is 0 Å². The number of hydrogen-bond acceptors (Lipinski definition) is 3. The minimum atomic E-state index is 0.286. The second kappa shape index (κ2) is 7.04. The lowest BCUT2D eigenvalue weighted by Gasteiger charge is -2.33. The average molecular weight is 280 g/mol. The van der Waals surface area contributed by atoms with Crippen LogP contribution in [0.25, 0.3) is 0 Å². The first-order chi connectivity index (χ1) is 9.45. The first kappa shape index (κ1) is 16.0. The summed E-state index contributed by atoms with van der Waals surface area (Å²) >= 11 is 0. The van der Waals surface area contributed by atoms with Gasteiger partial charge in [0, 0.05) is 12.6 Å². The third-order valence-electron chi connectivity index (χ3n) is 5.49. The minimum Gasteiger partial charge on any atom is -0.303 e. The molecule has 1 saturated carbocycles. The summed E-state index contributed by atoms with van der Waals surface area (Å²) in [6.45, 7) is 10.9. The van der Waals surface area contributed by atoms with Crippen molar-refractivity contribution in [2.45, 2.75) is 52.5 Å². The van der Waals surface area contributed by atoms with Crippen LogP contribution in [0.4, 0.5) is 0 Å².